The number of carbonyl (C=O) groups excluding carboxylic acids is 1. The molecule has 0 atom stereocenters. The predicted molar refractivity (Wildman–Crippen MR) is 57.9 cm³/mol. The third-order valence-corrected chi connectivity index (χ3v) is 2.26. The van der Waals surface area contributed by atoms with Gasteiger partial charge >= 0.3 is 0 Å². The molecule has 1 aliphatic rings. The largest absolute Gasteiger partial charge is 0.508 e. The van der Waals surface area contributed by atoms with Crippen LogP contribution in [0.1, 0.15) is 32.1 Å². The maximum Gasteiger partial charge on any atom is 0.132 e. The number of rotatable bonds is 0. The number of phenols is 2. The van der Waals surface area contributed by atoms with Gasteiger partial charge in [0, 0.05) is 12.8 Å². The van der Waals surface area contributed by atoms with Crippen LogP contribution < -0.4 is 0 Å². The Labute approximate surface area is 89.4 Å². The fourth-order valence-corrected chi connectivity index (χ4v) is 1.40. The fraction of sp³-hybridized carbons (Fsp3) is 0.417. The molecule has 1 saturated carbocycles. The fourth-order valence-electron chi connectivity index (χ4n) is 1.40. The first-order valence-electron chi connectivity index (χ1n) is 5.18. The van der Waals surface area contributed by atoms with E-state index in [1.807, 2.05) is 0 Å². The second kappa shape index (κ2) is 6.06. The van der Waals surface area contributed by atoms with Gasteiger partial charge in [0.15, 0.2) is 0 Å². The second-order valence-electron chi connectivity index (χ2n) is 3.62. The lowest BCUT2D eigenvalue weighted by Gasteiger charge is -2.05. The monoisotopic (exact) mass is 208 g/mol. The van der Waals surface area contributed by atoms with Crippen molar-refractivity contribution in [1.82, 2.24) is 0 Å². The van der Waals surface area contributed by atoms with Crippen LogP contribution in [0, 0.1) is 0 Å². The SMILES string of the molecule is O=C1CCCCC1.Oc1ccc(O)cc1. The number of phenolic OH excluding ortho intramolecular Hbond substituents is 2. The van der Waals surface area contributed by atoms with E-state index in [1.165, 1.54) is 30.7 Å². The molecular formula is C12H16O3. The second-order valence-corrected chi connectivity index (χ2v) is 3.62. The van der Waals surface area contributed by atoms with Crippen LogP contribution in [0.15, 0.2) is 24.3 Å². The predicted octanol–water partition coefficient (Wildman–Crippen LogP) is 2.62. The Bertz CT molecular complexity index is 274. The van der Waals surface area contributed by atoms with Gasteiger partial charge in [-0.25, -0.2) is 0 Å². The molecule has 3 nitrogen and oxygen atoms in total. The van der Waals surface area contributed by atoms with Crippen LogP contribution in [-0.2, 0) is 4.79 Å². The molecule has 0 heterocycles. The highest BCUT2D eigenvalue weighted by Crippen LogP contribution is 2.13. The molecule has 1 aliphatic carbocycles. The first-order valence-corrected chi connectivity index (χ1v) is 5.18. The normalized spacial score (nSPS) is 15.3. The standard InChI is InChI=1S/C6H6O2.C6H10O/c7-5-1-2-6(8)4-3-5;7-6-4-2-1-3-5-6/h1-4,7-8H;1-5H2. The highest BCUT2D eigenvalue weighted by atomic mass is 16.3. The summed E-state index contributed by atoms with van der Waals surface area (Å²) in [5.74, 6) is 0.803. The van der Waals surface area contributed by atoms with Gasteiger partial charge in [-0.1, -0.05) is 6.42 Å². The molecule has 3 heteroatoms. The molecule has 0 unspecified atom stereocenters. The minimum absolute atomic E-state index is 0.169. The molecule has 1 aromatic rings. The molecule has 1 aromatic carbocycles. The van der Waals surface area contributed by atoms with Gasteiger partial charge in [0.05, 0.1) is 0 Å². The topological polar surface area (TPSA) is 57.5 Å². The third kappa shape index (κ3) is 5.05. The van der Waals surface area contributed by atoms with Crippen LogP contribution in [0.5, 0.6) is 11.5 Å². The van der Waals surface area contributed by atoms with Crippen molar-refractivity contribution in [3.05, 3.63) is 24.3 Å². The molecule has 1 fully saturated rings. The van der Waals surface area contributed by atoms with Crippen molar-refractivity contribution in [1.29, 1.82) is 0 Å². The molecule has 2 N–H and O–H groups in total. The summed E-state index contributed by atoms with van der Waals surface area (Å²) in [6.07, 6.45) is 5.24. The Kier molecular flexibility index (Phi) is 4.68. The van der Waals surface area contributed by atoms with Gasteiger partial charge in [-0.05, 0) is 37.1 Å². The summed E-state index contributed by atoms with van der Waals surface area (Å²) in [4.78, 5) is 10.5. The summed E-state index contributed by atoms with van der Waals surface area (Å²) in [6.45, 7) is 0. The molecular weight excluding hydrogens is 192 g/mol. The number of aromatic hydroxyl groups is 2. The van der Waals surface area contributed by atoms with Crippen molar-refractivity contribution in [3.63, 3.8) is 0 Å². The molecule has 0 amide bonds. The summed E-state index contributed by atoms with van der Waals surface area (Å²) in [6, 6.07) is 5.70. The highest BCUT2D eigenvalue weighted by Gasteiger charge is 2.05. The molecule has 0 radical (unpaired) electrons. The Hall–Kier alpha value is -1.51. The van der Waals surface area contributed by atoms with Crippen LogP contribution in [-0.4, -0.2) is 16.0 Å². The zero-order valence-electron chi connectivity index (χ0n) is 8.65. The summed E-state index contributed by atoms with van der Waals surface area (Å²) >= 11 is 0. The average Bonchev–Trinajstić information content (AvgIpc) is 2.25. The zero-order chi connectivity index (χ0) is 11.1. The van der Waals surface area contributed by atoms with Crippen molar-refractivity contribution in [2.75, 3.05) is 0 Å². The maximum absolute atomic E-state index is 10.5. The van der Waals surface area contributed by atoms with Crippen LogP contribution in [0.4, 0.5) is 0 Å². The average molecular weight is 208 g/mol. The Morgan fingerprint density at radius 1 is 0.800 bits per heavy atom. The number of benzene rings is 1. The molecule has 82 valence electrons. The lowest BCUT2D eigenvalue weighted by molar-refractivity contribution is -0.120. The van der Waals surface area contributed by atoms with Gasteiger partial charge in [-0.3, -0.25) is 4.79 Å². The highest BCUT2D eigenvalue weighted by molar-refractivity contribution is 5.78. The summed E-state index contributed by atoms with van der Waals surface area (Å²) in [5.41, 5.74) is 0. The Morgan fingerprint density at radius 3 is 1.47 bits per heavy atom. The number of ketones is 1. The molecule has 0 aliphatic heterocycles. The Morgan fingerprint density at radius 2 is 1.20 bits per heavy atom. The van der Waals surface area contributed by atoms with Crippen molar-refractivity contribution in [2.24, 2.45) is 0 Å². The van der Waals surface area contributed by atoms with Crippen molar-refractivity contribution >= 4 is 5.78 Å². The van der Waals surface area contributed by atoms with Crippen molar-refractivity contribution < 1.29 is 15.0 Å². The van der Waals surface area contributed by atoms with Gasteiger partial charge in [-0.2, -0.15) is 0 Å². The van der Waals surface area contributed by atoms with Crippen LogP contribution >= 0.6 is 0 Å². The maximum atomic E-state index is 10.5. The molecule has 0 aromatic heterocycles. The summed E-state index contributed by atoms with van der Waals surface area (Å²) in [5, 5.41) is 17.3. The molecule has 15 heavy (non-hydrogen) atoms. The van der Waals surface area contributed by atoms with E-state index in [0.29, 0.717) is 5.78 Å². The van der Waals surface area contributed by atoms with Gasteiger partial charge in [0.2, 0.25) is 0 Å². The van der Waals surface area contributed by atoms with Gasteiger partial charge in [0.25, 0.3) is 0 Å². The lowest BCUT2D eigenvalue weighted by atomic mass is 10.00. The van der Waals surface area contributed by atoms with Crippen molar-refractivity contribution in [2.45, 2.75) is 32.1 Å². The van der Waals surface area contributed by atoms with Gasteiger partial charge in [-0.15, -0.1) is 0 Å². The van der Waals surface area contributed by atoms with Gasteiger partial charge < -0.3 is 10.2 Å². The summed E-state index contributed by atoms with van der Waals surface area (Å²) < 4.78 is 0. The van der Waals surface area contributed by atoms with E-state index in [-0.39, 0.29) is 11.5 Å². The Balaban J connectivity index is 0.000000151. The van der Waals surface area contributed by atoms with Gasteiger partial charge in [0.1, 0.15) is 17.3 Å². The van der Waals surface area contributed by atoms with Crippen LogP contribution in [0.2, 0.25) is 0 Å². The van der Waals surface area contributed by atoms with E-state index in [1.54, 1.807) is 0 Å². The van der Waals surface area contributed by atoms with E-state index >= 15 is 0 Å². The minimum atomic E-state index is 0.169. The summed E-state index contributed by atoms with van der Waals surface area (Å²) in [7, 11) is 0. The molecule has 2 rings (SSSR count). The smallest absolute Gasteiger partial charge is 0.132 e. The quantitative estimate of drug-likeness (QED) is 0.644. The van der Waals surface area contributed by atoms with E-state index < -0.39 is 0 Å². The first-order chi connectivity index (χ1) is 7.18. The van der Waals surface area contributed by atoms with E-state index in [9.17, 15) is 4.79 Å². The molecule has 0 saturated heterocycles. The van der Waals surface area contributed by atoms with Crippen molar-refractivity contribution in [3.8, 4) is 11.5 Å². The first kappa shape index (κ1) is 11.6. The van der Waals surface area contributed by atoms with E-state index in [4.69, 9.17) is 10.2 Å². The molecule has 0 bridgehead atoms. The van der Waals surface area contributed by atoms with E-state index in [0.717, 1.165) is 25.7 Å². The lowest BCUT2D eigenvalue weighted by Crippen LogP contribution is -2.02. The number of carbonyl (C=O) groups is 1. The third-order valence-electron chi connectivity index (χ3n) is 2.26. The van der Waals surface area contributed by atoms with E-state index in [2.05, 4.69) is 0 Å². The number of hydrogen-bond acceptors (Lipinski definition) is 3. The number of Topliss-reactive ketones (excluding diaryl/α,β-unsaturated/α-hetero) is 1. The molecule has 0 spiro atoms. The number of hydrogen-bond donors (Lipinski definition) is 2. The van der Waals surface area contributed by atoms with Crippen LogP contribution in [0.3, 0.4) is 0 Å². The zero-order valence-corrected chi connectivity index (χ0v) is 8.65. The minimum Gasteiger partial charge on any atom is -0.508 e. The van der Waals surface area contributed by atoms with Crippen LogP contribution in [0.25, 0.3) is 0 Å².